The van der Waals surface area contributed by atoms with Gasteiger partial charge in [-0.05, 0) is 82.6 Å². The minimum atomic E-state index is -0.732. The molecule has 0 heterocycles. The first-order chi connectivity index (χ1) is 11.8. The summed E-state index contributed by atoms with van der Waals surface area (Å²) in [5.41, 5.74) is 2.16. The first kappa shape index (κ1) is 19.8. The van der Waals surface area contributed by atoms with Crippen molar-refractivity contribution in [1.29, 1.82) is 0 Å². The molecule has 2 rings (SSSR count). The maximum Gasteiger partial charge on any atom is 0.256 e. The Bertz CT molecular complexity index is 586. The fourth-order valence-corrected chi connectivity index (χ4v) is 3.07. The van der Waals surface area contributed by atoms with E-state index in [0.717, 1.165) is 48.2 Å². The maximum atomic E-state index is 12.9. The fraction of sp³-hybridized carbons (Fsp3) is 0.667. The van der Waals surface area contributed by atoms with Crippen molar-refractivity contribution in [1.82, 2.24) is 0 Å². The predicted molar refractivity (Wildman–Crippen MR) is 102 cm³/mol. The Morgan fingerprint density at radius 3 is 2.36 bits per heavy atom. The number of carbonyl (C=O) groups excluding carboxylic acids is 1. The van der Waals surface area contributed by atoms with Crippen LogP contribution in [0.25, 0.3) is 0 Å². The molecule has 0 bridgehead atoms. The summed E-state index contributed by atoms with van der Waals surface area (Å²) >= 11 is 0. The molecule has 0 spiro atoms. The van der Waals surface area contributed by atoms with Gasteiger partial charge < -0.3 is 14.8 Å². The lowest BCUT2D eigenvalue weighted by Crippen LogP contribution is -2.45. The van der Waals surface area contributed by atoms with Crippen molar-refractivity contribution in [3.8, 4) is 5.75 Å². The number of amides is 1. The minimum absolute atomic E-state index is 0.0437. The predicted octanol–water partition coefficient (Wildman–Crippen LogP) is 5.01. The number of hydrogen-bond donors (Lipinski definition) is 1. The zero-order valence-electron chi connectivity index (χ0n) is 16.6. The van der Waals surface area contributed by atoms with E-state index in [1.54, 1.807) is 0 Å². The molecule has 0 radical (unpaired) electrons. The van der Waals surface area contributed by atoms with Gasteiger partial charge in [-0.3, -0.25) is 4.79 Å². The van der Waals surface area contributed by atoms with Crippen LogP contribution in [0, 0.1) is 19.8 Å². The first-order valence-corrected chi connectivity index (χ1v) is 9.55. The Labute approximate surface area is 152 Å². The largest absolute Gasteiger partial charge is 0.490 e. The van der Waals surface area contributed by atoms with Crippen LogP contribution in [0.5, 0.6) is 5.75 Å². The van der Waals surface area contributed by atoms with Crippen LogP contribution in [0.4, 0.5) is 5.69 Å². The molecular weight excluding hydrogens is 314 g/mol. The molecule has 4 nitrogen and oxygen atoms in total. The van der Waals surface area contributed by atoms with Crippen molar-refractivity contribution in [3.63, 3.8) is 0 Å². The van der Waals surface area contributed by atoms with E-state index in [0.29, 0.717) is 12.5 Å². The van der Waals surface area contributed by atoms with E-state index < -0.39 is 5.60 Å². The Morgan fingerprint density at radius 2 is 1.88 bits per heavy atom. The van der Waals surface area contributed by atoms with Gasteiger partial charge in [0.1, 0.15) is 11.4 Å². The number of anilines is 1. The fourth-order valence-electron chi connectivity index (χ4n) is 3.07. The van der Waals surface area contributed by atoms with E-state index in [1.807, 2.05) is 32.9 Å². The molecule has 1 saturated carbocycles. The Morgan fingerprint density at radius 1 is 1.28 bits per heavy atom. The molecule has 1 amide bonds. The Kier molecular flexibility index (Phi) is 6.50. The van der Waals surface area contributed by atoms with Crippen LogP contribution in [-0.2, 0) is 9.53 Å². The van der Waals surface area contributed by atoms with Gasteiger partial charge in [-0.25, -0.2) is 0 Å². The summed E-state index contributed by atoms with van der Waals surface area (Å²) < 4.78 is 12.0. The summed E-state index contributed by atoms with van der Waals surface area (Å²) in [6, 6.07) is 3.96. The van der Waals surface area contributed by atoms with Crippen LogP contribution >= 0.6 is 0 Å². The third-order valence-corrected chi connectivity index (χ3v) is 5.03. The molecule has 0 aromatic heterocycles. The minimum Gasteiger partial charge on any atom is -0.490 e. The number of nitrogens with one attached hydrogen (secondary N) is 1. The lowest BCUT2D eigenvalue weighted by molar-refractivity contribution is -0.142. The average Bonchev–Trinajstić information content (AvgIpc) is 3.41. The van der Waals surface area contributed by atoms with Crippen molar-refractivity contribution >= 4 is 11.6 Å². The molecule has 1 N–H and O–H groups in total. The first-order valence-electron chi connectivity index (χ1n) is 9.55. The van der Waals surface area contributed by atoms with E-state index in [-0.39, 0.29) is 12.0 Å². The second-order valence-corrected chi connectivity index (χ2v) is 7.46. The summed E-state index contributed by atoms with van der Waals surface area (Å²) in [7, 11) is 0. The van der Waals surface area contributed by atoms with Crippen molar-refractivity contribution in [2.45, 2.75) is 78.9 Å². The molecule has 1 aromatic carbocycles. The third-order valence-electron chi connectivity index (χ3n) is 5.03. The standard InChI is InChI=1S/C21H33NO3/c1-7-11-24-21(6,17-9-10-17)20(23)22-18-12-14(3)19(15(4)13-18)25-16(5)8-2/h12-13,16-17H,7-11H2,1-6H3,(H,22,23)/t16-,21-/m1/s1. The number of rotatable bonds is 9. The highest BCUT2D eigenvalue weighted by Crippen LogP contribution is 2.42. The molecule has 2 atom stereocenters. The number of ether oxygens (including phenoxy) is 2. The highest BCUT2D eigenvalue weighted by molar-refractivity contribution is 5.97. The van der Waals surface area contributed by atoms with Crippen molar-refractivity contribution in [2.75, 3.05) is 11.9 Å². The van der Waals surface area contributed by atoms with E-state index in [2.05, 4.69) is 26.1 Å². The molecular formula is C21H33NO3. The SMILES string of the molecule is CCCO[C@@](C)(C(=O)Nc1cc(C)c(O[C@H](C)CC)c(C)c1)C1CC1. The van der Waals surface area contributed by atoms with Crippen LogP contribution in [0.3, 0.4) is 0 Å². The highest BCUT2D eigenvalue weighted by Gasteiger charge is 2.48. The lowest BCUT2D eigenvalue weighted by atomic mass is 9.98. The number of carbonyl (C=O) groups is 1. The quantitative estimate of drug-likeness (QED) is 0.683. The Balaban J connectivity index is 2.15. The second kappa shape index (κ2) is 8.22. The van der Waals surface area contributed by atoms with Gasteiger partial charge in [0.2, 0.25) is 0 Å². The molecule has 0 unspecified atom stereocenters. The molecule has 0 aliphatic heterocycles. The topological polar surface area (TPSA) is 47.6 Å². The van der Waals surface area contributed by atoms with Crippen molar-refractivity contribution in [3.05, 3.63) is 23.3 Å². The molecule has 1 aromatic rings. The van der Waals surface area contributed by atoms with Crippen LogP contribution in [0.1, 0.15) is 64.5 Å². The zero-order chi connectivity index (χ0) is 18.6. The lowest BCUT2D eigenvalue weighted by Gasteiger charge is -2.29. The monoisotopic (exact) mass is 347 g/mol. The highest BCUT2D eigenvalue weighted by atomic mass is 16.5. The molecule has 1 aliphatic carbocycles. The zero-order valence-corrected chi connectivity index (χ0v) is 16.6. The van der Waals surface area contributed by atoms with E-state index in [9.17, 15) is 4.79 Å². The number of aryl methyl sites for hydroxylation is 2. The van der Waals surface area contributed by atoms with Gasteiger partial charge in [0.05, 0.1) is 6.10 Å². The van der Waals surface area contributed by atoms with Crippen LogP contribution in [0.15, 0.2) is 12.1 Å². The van der Waals surface area contributed by atoms with Crippen molar-refractivity contribution < 1.29 is 14.3 Å². The summed E-state index contributed by atoms with van der Waals surface area (Å²) in [5, 5.41) is 3.07. The molecule has 1 fully saturated rings. The third kappa shape index (κ3) is 4.75. The van der Waals surface area contributed by atoms with E-state index in [4.69, 9.17) is 9.47 Å². The van der Waals surface area contributed by atoms with Crippen molar-refractivity contribution in [2.24, 2.45) is 5.92 Å². The maximum absolute atomic E-state index is 12.9. The van der Waals surface area contributed by atoms with Gasteiger partial charge in [0, 0.05) is 12.3 Å². The number of benzene rings is 1. The average molecular weight is 347 g/mol. The summed E-state index contributed by atoms with van der Waals surface area (Å²) in [6.07, 6.45) is 4.18. The molecule has 140 valence electrons. The summed E-state index contributed by atoms with van der Waals surface area (Å²) in [4.78, 5) is 12.9. The van der Waals surface area contributed by atoms with Gasteiger partial charge in [0.15, 0.2) is 0 Å². The molecule has 25 heavy (non-hydrogen) atoms. The summed E-state index contributed by atoms with van der Waals surface area (Å²) in [6.45, 7) is 12.8. The van der Waals surface area contributed by atoms with Crippen LogP contribution in [0.2, 0.25) is 0 Å². The van der Waals surface area contributed by atoms with Gasteiger partial charge in [-0.2, -0.15) is 0 Å². The van der Waals surface area contributed by atoms with E-state index >= 15 is 0 Å². The van der Waals surface area contributed by atoms with Gasteiger partial charge >= 0.3 is 0 Å². The number of hydrogen-bond acceptors (Lipinski definition) is 3. The van der Waals surface area contributed by atoms with Crippen LogP contribution < -0.4 is 10.1 Å². The van der Waals surface area contributed by atoms with Gasteiger partial charge in [-0.1, -0.05) is 13.8 Å². The van der Waals surface area contributed by atoms with Gasteiger partial charge in [-0.15, -0.1) is 0 Å². The summed E-state index contributed by atoms with van der Waals surface area (Å²) in [5.74, 6) is 1.20. The molecule has 0 saturated heterocycles. The Hall–Kier alpha value is -1.55. The van der Waals surface area contributed by atoms with E-state index in [1.165, 1.54) is 0 Å². The normalized spacial score (nSPS) is 17.7. The van der Waals surface area contributed by atoms with Crippen LogP contribution in [-0.4, -0.2) is 24.2 Å². The smallest absolute Gasteiger partial charge is 0.256 e. The molecule has 1 aliphatic rings. The second-order valence-electron chi connectivity index (χ2n) is 7.46. The molecule has 4 heteroatoms. The van der Waals surface area contributed by atoms with Gasteiger partial charge in [0.25, 0.3) is 5.91 Å².